The Bertz CT molecular complexity index is 538. The first kappa shape index (κ1) is 14.2. The molecule has 1 aliphatic heterocycles. The first-order valence-electron chi connectivity index (χ1n) is 6.21. The highest BCUT2D eigenvalue weighted by Crippen LogP contribution is 2.33. The van der Waals surface area contributed by atoms with Gasteiger partial charge in [0, 0.05) is 19.2 Å². The third-order valence-electron chi connectivity index (χ3n) is 3.13. The van der Waals surface area contributed by atoms with Gasteiger partial charge < -0.3 is 9.64 Å². The maximum atomic E-state index is 11.1. The zero-order valence-electron chi connectivity index (χ0n) is 11.2. The molecule has 1 aromatic rings. The molecule has 1 aliphatic rings. The lowest BCUT2D eigenvalue weighted by atomic mass is 10.1. The second kappa shape index (κ2) is 5.41. The van der Waals surface area contributed by atoms with Crippen LogP contribution < -0.4 is 4.90 Å². The van der Waals surface area contributed by atoms with Crippen LogP contribution in [-0.4, -0.2) is 35.1 Å². The molecule has 8 heteroatoms. The number of anilines is 1. The third kappa shape index (κ3) is 2.85. The molecule has 0 spiro atoms. The van der Waals surface area contributed by atoms with Crippen molar-refractivity contribution in [1.29, 1.82) is 0 Å². The molecule has 2 atom stereocenters. The van der Waals surface area contributed by atoms with Gasteiger partial charge in [0.1, 0.15) is 5.69 Å². The van der Waals surface area contributed by atoms with Gasteiger partial charge in [0.2, 0.25) is 0 Å². The summed E-state index contributed by atoms with van der Waals surface area (Å²) in [6.45, 7) is 4.81. The van der Waals surface area contributed by atoms with Crippen molar-refractivity contribution in [3.05, 3.63) is 38.4 Å². The highest BCUT2D eigenvalue weighted by Gasteiger charge is 2.28. The summed E-state index contributed by atoms with van der Waals surface area (Å²) in [4.78, 5) is 22.5. The number of rotatable bonds is 3. The van der Waals surface area contributed by atoms with Crippen LogP contribution in [0.25, 0.3) is 0 Å². The van der Waals surface area contributed by atoms with Gasteiger partial charge in [-0.25, -0.2) is 0 Å². The molecule has 0 aromatic heterocycles. The van der Waals surface area contributed by atoms with Gasteiger partial charge in [-0.05, 0) is 19.9 Å². The topological polar surface area (TPSA) is 98.8 Å². The number of hydrogen-bond acceptors (Lipinski definition) is 6. The first-order valence-corrected chi connectivity index (χ1v) is 6.21. The molecule has 0 aliphatic carbocycles. The summed E-state index contributed by atoms with van der Waals surface area (Å²) in [5.74, 6) is 0. The molecule has 2 rings (SSSR count). The van der Waals surface area contributed by atoms with Crippen LogP contribution >= 0.6 is 0 Å². The smallest absolute Gasteiger partial charge is 0.299 e. The minimum Gasteiger partial charge on any atom is -0.372 e. The van der Waals surface area contributed by atoms with Gasteiger partial charge >= 0.3 is 0 Å². The Morgan fingerprint density at radius 1 is 1.15 bits per heavy atom. The van der Waals surface area contributed by atoms with Gasteiger partial charge in [0.25, 0.3) is 11.4 Å². The maximum absolute atomic E-state index is 11.1. The van der Waals surface area contributed by atoms with Crippen molar-refractivity contribution in [2.24, 2.45) is 0 Å². The molecular formula is C12H15N3O5. The van der Waals surface area contributed by atoms with E-state index in [-0.39, 0.29) is 23.6 Å². The van der Waals surface area contributed by atoms with Crippen LogP contribution in [0.15, 0.2) is 18.2 Å². The molecule has 0 saturated carbocycles. The van der Waals surface area contributed by atoms with Crippen molar-refractivity contribution < 1.29 is 14.6 Å². The van der Waals surface area contributed by atoms with Gasteiger partial charge in [-0.2, -0.15) is 0 Å². The lowest BCUT2D eigenvalue weighted by Crippen LogP contribution is -2.45. The quantitative estimate of drug-likeness (QED) is 0.621. The highest BCUT2D eigenvalue weighted by molar-refractivity contribution is 5.67. The molecule has 108 valence electrons. The van der Waals surface area contributed by atoms with E-state index >= 15 is 0 Å². The Kier molecular flexibility index (Phi) is 3.84. The van der Waals surface area contributed by atoms with Crippen molar-refractivity contribution in [2.45, 2.75) is 26.1 Å². The number of benzene rings is 1. The van der Waals surface area contributed by atoms with Gasteiger partial charge in [-0.1, -0.05) is 0 Å². The zero-order chi connectivity index (χ0) is 14.9. The average molecular weight is 281 g/mol. The number of non-ortho nitro benzene ring substituents is 1. The van der Waals surface area contributed by atoms with E-state index in [2.05, 4.69) is 0 Å². The van der Waals surface area contributed by atoms with Crippen LogP contribution in [0.3, 0.4) is 0 Å². The van der Waals surface area contributed by atoms with Crippen molar-refractivity contribution in [1.82, 2.24) is 0 Å². The fraction of sp³-hybridized carbons (Fsp3) is 0.500. The van der Waals surface area contributed by atoms with Crippen LogP contribution in [0, 0.1) is 20.2 Å². The van der Waals surface area contributed by atoms with Crippen molar-refractivity contribution in [3.8, 4) is 0 Å². The Balaban J connectivity index is 2.40. The number of ether oxygens (including phenoxy) is 1. The van der Waals surface area contributed by atoms with E-state index in [0.29, 0.717) is 18.8 Å². The summed E-state index contributed by atoms with van der Waals surface area (Å²) in [6.07, 6.45) is -0.0953. The molecule has 0 amide bonds. The summed E-state index contributed by atoms with van der Waals surface area (Å²) < 4.78 is 5.58. The highest BCUT2D eigenvalue weighted by atomic mass is 16.6. The second-order valence-electron chi connectivity index (χ2n) is 4.85. The van der Waals surface area contributed by atoms with E-state index in [0.717, 1.165) is 6.07 Å². The largest absolute Gasteiger partial charge is 0.372 e. The van der Waals surface area contributed by atoms with E-state index in [4.69, 9.17) is 4.74 Å². The van der Waals surface area contributed by atoms with E-state index in [1.165, 1.54) is 12.1 Å². The predicted octanol–water partition coefficient (Wildman–Crippen LogP) is 2.12. The predicted molar refractivity (Wildman–Crippen MR) is 72.0 cm³/mol. The van der Waals surface area contributed by atoms with Gasteiger partial charge in [-0.15, -0.1) is 0 Å². The molecule has 0 bridgehead atoms. The second-order valence-corrected chi connectivity index (χ2v) is 4.85. The minimum atomic E-state index is -0.638. The van der Waals surface area contributed by atoms with Crippen LogP contribution in [0.2, 0.25) is 0 Å². The molecule has 8 nitrogen and oxygen atoms in total. The van der Waals surface area contributed by atoms with Crippen molar-refractivity contribution >= 4 is 17.1 Å². The van der Waals surface area contributed by atoms with Crippen LogP contribution in [0.4, 0.5) is 17.1 Å². The monoisotopic (exact) mass is 281 g/mol. The molecule has 1 fully saturated rings. The van der Waals surface area contributed by atoms with E-state index < -0.39 is 9.85 Å². The van der Waals surface area contributed by atoms with Crippen molar-refractivity contribution in [2.75, 3.05) is 18.0 Å². The average Bonchev–Trinajstić information content (AvgIpc) is 2.36. The minimum absolute atomic E-state index is 0.0476. The lowest BCUT2D eigenvalue weighted by Gasteiger charge is -2.36. The summed E-state index contributed by atoms with van der Waals surface area (Å²) in [5.41, 5.74) is -0.141. The summed E-state index contributed by atoms with van der Waals surface area (Å²) in [5, 5.41) is 21.8. The molecule has 1 heterocycles. The fourth-order valence-corrected chi connectivity index (χ4v) is 2.41. The number of morpholine rings is 1. The SMILES string of the molecule is C[C@H]1CN(c2ccc([N+](=O)[O-])cc2[N+](=O)[O-])C[C@H](C)O1. The third-order valence-corrected chi connectivity index (χ3v) is 3.13. The van der Waals surface area contributed by atoms with Crippen LogP contribution in [0.1, 0.15) is 13.8 Å². The van der Waals surface area contributed by atoms with E-state index in [1.807, 2.05) is 18.7 Å². The molecule has 1 saturated heterocycles. The Hall–Kier alpha value is -2.22. The number of hydrogen-bond donors (Lipinski definition) is 0. The van der Waals surface area contributed by atoms with E-state index in [1.54, 1.807) is 0 Å². The Morgan fingerprint density at radius 3 is 2.25 bits per heavy atom. The van der Waals surface area contributed by atoms with Crippen molar-refractivity contribution in [3.63, 3.8) is 0 Å². The molecule has 20 heavy (non-hydrogen) atoms. The normalized spacial score (nSPS) is 22.6. The summed E-state index contributed by atoms with van der Waals surface area (Å²) in [6, 6.07) is 3.72. The summed E-state index contributed by atoms with van der Waals surface area (Å²) in [7, 11) is 0. The Morgan fingerprint density at radius 2 is 1.75 bits per heavy atom. The fourth-order valence-electron chi connectivity index (χ4n) is 2.41. The maximum Gasteiger partial charge on any atom is 0.299 e. The van der Waals surface area contributed by atoms with Crippen LogP contribution in [-0.2, 0) is 4.74 Å². The van der Waals surface area contributed by atoms with Gasteiger partial charge in [0.15, 0.2) is 0 Å². The number of nitro benzene ring substituents is 2. The zero-order valence-corrected chi connectivity index (χ0v) is 11.2. The molecule has 0 radical (unpaired) electrons. The molecule has 0 unspecified atom stereocenters. The standard InChI is InChI=1S/C12H15N3O5/c1-8-6-13(7-9(2)20-8)11-4-3-10(14(16)17)5-12(11)15(18)19/h3-5,8-9H,6-7H2,1-2H3/t8-,9-/m0/s1. The van der Waals surface area contributed by atoms with Gasteiger partial charge in [0.05, 0.1) is 28.1 Å². The lowest BCUT2D eigenvalue weighted by molar-refractivity contribution is -0.393. The summed E-state index contributed by atoms with van der Waals surface area (Å²) >= 11 is 0. The molecular weight excluding hydrogens is 266 g/mol. The Labute approximate surface area is 115 Å². The van der Waals surface area contributed by atoms with Gasteiger partial charge in [-0.3, -0.25) is 20.2 Å². The molecule has 0 N–H and O–H groups in total. The molecule has 1 aromatic carbocycles. The number of nitrogens with zero attached hydrogens (tertiary/aromatic N) is 3. The van der Waals surface area contributed by atoms with E-state index in [9.17, 15) is 20.2 Å². The number of nitro groups is 2. The van der Waals surface area contributed by atoms with Crippen LogP contribution in [0.5, 0.6) is 0 Å². The first-order chi connectivity index (χ1) is 9.38.